The van der Waals surface area contributed by atoms with Gasteiger partial charge in [-0.15, -0.1) is 0 Å². The lowest BCUT2D eigenvalue weighted by molar-refractivity contribution is 0.331. The molecule has 0 atom stereocenters. The SMILES string of the molecule is CN=C(NCCc1noc(-c2ccccn2)n1)NCc1ccc(CN2CCCC2)cc1. The highest BCUT2D eigenvalue weighted by molar-refractivity contribution is 5.79. The zero-order chi connectivity index (χ0) is 21.3. The first-order valence-electron chi connectivity index (χ1n) is 10.8. The molecule has 0 spiro atoms. The minimum Gasteiger partial charge on any atom is -0.356 e. The molecule has 1 aliphatic rings. The summed E-state index contributed by atoms with van der Waals surface area (Å²) < 4.78 is 5.29. The number of aliphatic imine (C=N–C) groups is 1. The van der Waals surface area contributed by atoms with Crippen LogP contribution < -0.4 is 10.6 Å². The summed E-state index contributed by atoms with van der Waals surface area (Å²) in [4.78, 5) is 15.4. The number of benzene rings is 1. The summed E-state index contributed by atoms with van der Waals surface area (Å²) in [5, 5.41) is 10.7. The first kappa shape index (κ1) is 21.0. The molecule has 162 valence electrons. The summed E-state index contributed by atoms with van der Waals surface area (Å²) in [6, 6.07) is 14.4. The van der Waals surface area contributed by atoms with E-state index in [1.54, 1.807) is 13.2 Å². The Labute approximate surface area is 182 Å². The molecule has 31 heavy (non-hydrogen) atoms. The quantitative estimate of drug-likeness (QED) is 0.428. The van der Waals surface area contributed by atoms with Gasteiger partial charge in [0.15, 0.2) is 11.8 Å². The van der Waals surface area contributed by atoms with E-state index in [9.17, 15) is 0 Å². The average molecular weight is 420 g/mol. The van der Waals surface area contributed by atoms with Gasteiger partial charge in [0.2, 0.25) is 0 Å². The van der Waals surface area contributed by atoms with Gasteiger partial charge < -0.3 is 15.2 Å². The second-order valence-corrected chi connectivity index (χ2v) is 7.63. The van der Waals surface area contributed by atoms with Crippen LogP contribution in [0.15, 0.2) is 58.2 Å². The van der Waals surface area contributed by atoms with Crippen molar-refractivity contribution in [3.05, 3.63) is 65.6 Å². The van der Waals surface area contributed by atoms with Gasteiger partial charge in [-0.2, -0.15) is 4.98 Å². The normalized spacial score (nSPS) is 14.7. The van der Waals surface area contributed by atoms with Crippen molar-refractivity contribution in [3.63, 3.8) is 0 Å². The van der Waals surface area contributed by atoms with Crippen molar-refractivity contribution in [1.82, 2.24) is 30.7 Å². The maximum Gasteiger partial charge on any atom is 0.276 e. The molecule has 0 radical (unpaired) electrons. The molecule has 2 aromatic heterocycles. The van der Waals surface area contributed by atoms with Crippen molar-refractivity contribution >= 4 is 5.96 Å². The third kappa shape index (κ3) is 6.11. The zero-order valence-corrected chi connectivity index (χ0v) is 17.9. The van der Waals surface area contributed by atoms with E-state index in [1.807, 2.05) is 18.2 Å². The number of pyridine rings is 1. The van der Waals surface area contributed by atoms with Gasteiger partial charge in [0.25, 0.3) is 5.89 Å². The van der Waals surface area contributed by atoms with Gasteiger partial charge >= 0.3 is 0 Å². The number of hydrogen-bond donors (Lipinski definition) is 2. The summed E-state index contributed by atoms with van der Waals surface area (Å²) in [5.41, 5.74) is 3.28. The van der Waals surface area contributed by atoms with Crippen LogP contribution in [0, 0.1) is 0 Å². The molecule has 3 aromatic rings. The highest BCUT2D eigenvalue weighted by Gasteiger charge is 2.12. The van der Waals surface area contributed by atoms with Crippen LogP contribution in [-0.2, 0) is 19.5 Å². The molecule has 0 bridgehead atoms. The lowest BCUT2D eigenvalue weighted by Gasteiger charge is -2.15. The second kappa shape index (κ2) is 10.7. The zero-order valence-electron chi connectivity index (χ0n) is 17.9. The fourth-order valence-electron chi connectivity index (χ4n) is 3.61. The number of nitrogens with one attached hydrogen (secondary N) is 2. The largest absolute Gasteiger partial charge is 0.356 e. The van der Waals surface area contributed by atoms with Gasteiger partial charge in [0, 0.05) is 39.3 Å². The lowest BCUT2D eigenvalue weighted by Crippen LogP contribution is -2.37. The Morgan fingerprint density at radius 3 is 2.61 bits per heavy atom. The predicted molar refractivity (Wildman–Crippen MR) is 120 cm³/mol. The van der Waals surface area contributed by atoms with E-state index in [1.165, 1.54) is 37.1 Å². The topological polar surface area (TPSA) is 91.5 Å². The molecular formula is C23H29N7O. The summed E-state index contributed by atoms with van der Waals surface area (Å²) in [6.07, 6.45) is 4.98. The highest BCUT2D eigenvalue weighted by atomic mass is 16.5. The lowest BCUT2D eigenvalue weighted by atomic mass is 10.1. The van der Waals surface area contributed by atoms with Gasteiger partial charge in [-0.05, 0) is 49.2 Å². The Kier molecular flexibility index (Phi) is 7.23. The van der Waals surface area contributed by atoms with Crippen LogP contribution in [0.4, 0.5) is 0 Å². The molecule has 2 N–H and O–H groups in total. The molecule has 1 aromatic carbocycles. The Morgan fingerprint density at radius 1 is 1.06 bits per heavy atom. The van der Waals surface area contributed by atoms with Crippen molar-refractivity contribution < 1.29 is 4.52 Å². The molecule has 1 aliphatic heterocycles. The Morgan fingerprint density at radius 2 is 1.87 bits per heavy atom. The van der Waals surface area contributed by atoms with Gasteiger partial charge in [-0.1, -0.05) is 35.5 Å². The predicted octanol–water partition coefficient (Wildman–Crippen LogP) is 2.64. The molecule has 0 unspecified atom stereocenters. The molecule has 0 aliphatic carbocycles. The van der Waals surface area contributed by atoms with Crippen LogP contribution >= 0.6 is 0 Å². The molecule has 1 fully saturated rings. The number of aromatic nitrogens is 3. The van der Waals surface area contributed by atoms with E-state index >= 15 is 0 Å². The number of likely N-dealkylation sites (tertiary alicyclic amines) is 1. The third-order valence-electron chi connectivity index (χ3n) is 5.30. The fraction of sp³-hybridized carbons (Fsp3) is 0.391. The number of hydrogen-bond acceptors (Lipinski definition) is 6. The maximum atomic E-state index is 5.29. The Bertz CT molecular complexity index is 963. The molecule has 0 saturated carbocycles. The second-order valence-electron chi connectivity index (χ2n) is 7.63. The number of rotatable bonds is 8. The van der Waals surface area contributed by atoms with Crippen LogP contribution in [0.25, 0.3) is 11.6 Å². The summed E-state index contributed by atoms with van der Waals surface area (Å²) in [7, 11) is 1.77. The van der Waals surface area contributed by atoms with Gasteiger partial charge in [0.1, 0.15) is 5.69 Å². The van der Waals surface area contributed by atoms with Crippen LogP contribution in [-0.4, -0.2) is 52.7 Å². The minimum atomic E-state index is 0.436. The monoisotopic (exact) mass is 419 g/mol. The Hall–Kier alpha value is -3.26. The standard InChI is InChI=1S/C23H29N7O/c1-24-23(26-13-11-21-28-22(31-29-21)20-6-2-3-12-25-20)27-16-18-7-9-19(10-8-18)17-30-14-4-5-15-30/h2-3,6-10,12H,4-5,11,13-17H2,1H3,(H2,24,26,27). The van der Waals surface area contributed by atoms with Crippen molar-refractivity contribution in [2.24, 2.45) is 4.99 Å². The van der Waals surface area contributed by atoms with Crippen LogP contribution in [0.2, 0.25) is 0 Å². The fourth-order valence-corrected chi connectivity index (χ4v) is 3.61. The van der Waals surface area contributed by atoms with Gasteiger partial charge in [-0.3, -0.25) is 14.9 Å². The number of nitrogens with zero attached hydrogens (tertiary/aromatic N) is 5. The van der Waals surface area contributed by atoms with Crippen LogP contribution in [0.3, 0.4) is 0 Å². The third-order valence-corrected chi connectivity index (χ3v) is 5.30. The minimum absolute atomic E-state index is 0.436. The van der Waals surface area contributed by atoms with E-state index in [4.69, 9.17) is 4.52 Å². The first-order chi connectivity index (χ1) is 15.3. The van der Waals surface area contributed by atoms with Gasteiger partial charge in [-0.25, -0.2) is 0 Å². The molecule has 4 rings (SSSR count). The molecular weight excluding hydrogens is 390 g/mol. The first-order valence-corrected chi connectivity index (χ1v) is 10.8. The summed E-state index contributed by atoms with van der Waals surface area (Å²) in [6.45, 7) is 4.86. The summed E-state index contributed by atoms with van der Waals surface area (Å²) in [5.74, 6) is 1.82. The molecule has 0 amide bonds. The van der Waals surface area contributed by atoms with Crippen LogP contribution in [0.5, 0.6) is 0 Å². The highest BCUT2D eigenvalue weighted by Crippen LogP contribution is 2.14. The molecule has 3 heterocycles. The summed E-state index contributed by atoms with van der Waals surface area (Å²) >= 11 is 0. The van der Waals surface area contributed by atoms with Crippen molar-refractivity contribution in [1.29, 1.82) is 0 Å². The average Bonchev–Trinajstić information content (AvgIpc) is 3.50. The van der Waals surface area contributed by atoms with E-state index < -0.39 is 0 Å². The van der Waals surface area contributed by atoms with Gasteiger partial charge in [0.05, 0.1) is 0 Å². The van der Waals surface area contributed by atoms with Crippen molar-refractivity contribution in [2.45, 2.75) is 32.4 Å². The molecule has 8 heteroatoms. The molecule has 1 saturated heterocycles. The van der Waals surface area contributed by atoms with Crippen LogP contribution in [0.1, 0.15) is 29.8 Å². The Balaban J connectivity index is 1.20. The van der Waals surface area contributed by atoms with E-state index in [0.29, 0.717) is 30.4 Å². The smallest absolute Gasteiger partial charge is 0.276 e. The van der Waals surface area contributed by atoms with Crippen molar-refractivity contribution in [2.75, 3.05) is 26.7 Å². The van der Waals surface area contributed by atoms with E-state index in [0.717, 1.165) is 19.0 Å². The van der Waals surface area contributed by atoms with Crippen molar-refractivity contribution in [3.8, 4) is 11.6 Å². The van der Waals surface area contributed by atoms with E-state index in [-0.39, 0.29) is 0 Å². The van der Waals surface area contributed by atoms with E-state index in [2.05, 4.69) is 59.9 Å². The number of guanidine groups is 1. The maximum absolute atomic E-state index is 5.29. The molecule has 8 nitrogen and oxygen atoms in total.